The van der Waals surface area contributed by atoms with Gasteiger partial charge in [0.25, 0.3) is 5.56 Å². The second-order valence-corrected chi connectivity index (χ2v) is 7.43. The fraction of sp³-hybridized carbons (Fsp3) is 0.350. The fourth-order valence-electron chi connectivity index (χ4n) is 3.61. The summed E-state index contributed by atoms with van der Waals surface area (Å²) in [5, 5.41) is 25.9. The lowest BCUT2D eigenvalue weighted by molar-refractivity contribution is -0.207. The number of aromatic nitrogens is 3. The van der Waals surface area contributed by atoms with Crippen LogP contribution >= 0.6 is 0 Å². The van der Waals surface area contributed by atoms with E-state index in [0.29, 0.717) is 5.52 Å². The van der Waals surface area contributed by atoms with Crippen LogP contribution in [0.1, 0.15) is 37.0 Å². The normalized spacial score (nSPS) is 16.1. The summed E-state index contributed by atoms with van der Waals surface area (Å²) in [5.41, 5.74) is -0.826. The van der Waals surface area contributed by atoms with E-state index in [1.807, 2.05) is 0 Å². The molecule has 4 rings (SSSR count). The number of halogens is 4. The molecular formula is C20H17F4N5O2. The van der Waals surface area contributed by atoms with Crippen LogP contribution in [-0.2, 0) is 0 Å². The van der Waals surface area contributed by atoms with Gasteiger partial charge in [-0.3, -0.25) is 9.48 Å². The average molecular weight is 435 g/mol. The predicted octanol–water partition coefficient (Wildman–Crippen LogP) is 4.07. The van der Waals surface area contributed by atoms with Crippen LogP contribution in [0.4, 0.5) is 29.1 Å². The van der Waals surface area contributed by atoms with E-state index in [1.165, 1.54) is 6.20 Å². The molecular weight excluding hydrogens is 418 g/mol. The first-order valence-electron chi connectivity index (χ1n) is 9.48. The first-order chi connectivity index (χ1) is 14.7. The molecule has 1 aromatic carbocycles. The van der Waals surface area contributed by atoms with Crippen LogP contribution in [0.3, 0.4) is 0 Å². The van der Waals surface area contributed by atoms with Crippen molar-refractivity contribution in [1.29, 1.82) is 5.26 Å². The molecule has 1 fully saturated rings. The Kier molecular flexibility index (Phi) is 5.18. The number of aromatic amines is 1. The van der Waals surface area contributed by atoms with Crippen molar-refractivity contribution >= 4 is 22.4 Å². The number of fused-ring (bicyclic) bond motifs is 1. The third-order valence-corrected chi connectivity index (χ3v) is 5.28. The van der Waals surface area contributed by atoms with Gasteiger partial charge in [-0.25, -0.2) is 4.39 Å². The number of nitrogens with one attached hydrogen (secondary N) is 2. The SMILES string of the molecule is N#CC[C@@H](C1CC1)n1nc(Nc2ccc([C@@H](O)C(F)(F)F)c(F)c2)c2c(=O)[nH]ccc21. The third kappa shape index (κ3) is 3.98. The molecule has 0 bridgehead atoms. The molecule has 31 heavy (non-hydrogen) atoms. The van der Waals surface area contributed by atoms with Crippen LogP contribution in [0, 0.1) is 23.1 Å². The number of benzene rings is 1. The molecule has 2 atom stereocenters. The molecule has 1 aliphatic rings. The molecule has 162 valence electrons. The fourth-order valence-corrected chi connectivity index (χ4v) is 3.61. The van der Waals surface area contributed by atoms with E-state index in [0.717, 1.165) is 31.0 Å². The van der Waals surface area contributed by atoms with Crippen molar-refractivity contribution in [2.75, 3.05) is 5.32 Å². The van der Waals surface area contributed by atoms with E-state index in [1.54, 1.807) is 10.7 Å². The molecule has 0 unspecified atom stereocenters. The molecule has 0 radical (unpaired) electrons. The molecule has 3 N–H and O–H groups in total. The first kappa shape index (κ1) is 20.9. The maximum absolute atomic E-state index is 14.2. The minimum absolute atomic E-state index is 0.0497. The van der Waals surface area contributed by atoms with Crippen LogP contribution in [0.5, 0.6) is 0 Å². The van der Waals surface area contributed by atoms with Crippen molar-refractivity contribution in [2.24, 2.45) is 5.92 Å². The molecule has 7 nitrogen and oxygen atoms in total. The number of pyridine rings is 1. The highest BCUT2D eigenvalue weighted by Gasteiger charge is 2.41. The van der Waals surface area contributed by atoms with Crippen molar-refractivity contribution in [1.82, 2.24) is 14.8 Å². The standard InChI is InChI=1S/C20H17F4N5O2/c21-13-9-11(3-4-12(13)17(30)20(22,23)24)27-18-16-15(6-8-26-19(16)31)29(28-18)14(5-7-25)10-1-2-10/h3-4,6,8-10,14,17,30H,1-2,5H2,(H,26,31)(H,27,28)/t14-,17+/m0/s1. The van der Waals surface area contributed by atoms with Gasteiger partial charge in [-0.15, -0.1) is 0 Å². The van der Waals surface area contributed by atoms with Gasteiger partial charge in [0.15, 0.2) is 11.9 Å². The summed E-state index contributed by atoms with van der Waals surface area (Å²) in [5.74, 6) is -0.910. The smallest absolute Gasteiger partial charge is 0.379 e. The Labute approximate surface area is 172 Å². The number of aliphatic hydroxyl groups is 1. The van der Waals surface area contributed by atoms with E-state index in [9.17, 15) is 32.7 Å². The number of alkyl halides is 3. The lowest BCUT2D eigenvalue weighted by Crippen LogP contribution is -2.21. The van der Waals surface area contributed by atoms with Gasteiger partial charge in [0.05, 0.1) is 24.0 Å². The average Bonchev–Trinajstić information content (AvgIpc) is 3.48. The van der Waals surface area contributed by atoms with Crippen LogP contribution in [0.2, 0.25) is 0 Å². The summed E-state index contributed by atoms with van der Waals surface area (Å²) >= 11 is 0. The number of hydrogen-bond donors (Lipinski definition) is 3. The Morgan fingerprint density at radius 1 is 1.35 bits per heavy atom. The van der Waals surface area contributed by atoms with Crippen LogP contribution in [0.15, 0.2) is 35.3 Å². The number of nitriles is 1. The summed E-state index contributed by atoms with van der Waals surface area (Å²) < 4.78 is 53.9. The summed E-state index contributed by atoms with van der Waals surface area (Å²) in [7, 11) is 0. The topological polar surface area (TPSA) is 107 Å². The highest BCUT2D eigenvalue weighted by atomic mass is 19.4. The minimum atomic E-state index is -5.00. The Morgan fingerprint density at radius 2 is 2.10 bits per heavy atom. The van der Waals surface area contributed by atoms with E-state index < -0.39 is 29.2 Å². The number of nitrogens with zero attached hydrogens (tertiary/aromatic N) is 3. The molecule has 0 amide bonds. The van der Waals surface area contributed by atoms with Gasteiger partial charge < -0.3 is 15.4 Å². The van der Waals surface area contributed by atoms with Crippen molar-refractivity contribution in [3.05, 3.63) is 52.2 Å². The molecule has 0 saturated heterocycles. The van der Waals surface area contributed by atoms with Crippen LogP contribution in [0.25, 0.3) is 10.9 Å². The lowest BCUT2D eigenvalue weighted by atomic mass is 10.1. The quantitative estimate of drug-likeness (QED) is 0.506. The minimum Gasteiger partial charge on any atom is -0.379 e. The van der Waals surface area contributed by atoms with Crippen molar-refractivity contribution in [3.63, 3.8) is 0 Å². The zero-order valence-corrected chi connectivity index (χ0v) is 15.9. The van der Waals surface area contributed by atoms with Crippen molar-refractivity contribution < 1.29 is 22.7 Å². The highest BCUT2D eigenvalue weighted by molar-refractivity contribution is 5.91. The van der Waals surface area contributed by atoms with Crippen molar-refractivity contribution in [2.45, 2.75) is 37.6 Å². The predicted molar refractivity (Wildman–Crippen MR) is 103 cm³/mol. The van der Waals surface area contributed by atoms with Gasteiger partial charge in [-0.2, -0.15) is 23.5 Å². The Balaban J connectivity index is 1.73. The molecule has 2 heterocycles. The van der Waals surface area contributed by atoms with Gasteiger partial charge in [0, 0.05) is 17.4 Å². The lowest BCUT2D eigenvalue weighted by Gasteiger charge is -2.16. The van der Waals surface area contributed by atoms with E-state index in [4.69, 9.17) is 0 Å². The second kappa shape index (κ2) is 7.70. The first-order valence-corrected chi connectivity index (χ1v) is 9.48. The molecule has 3 aromatic rings. The summed E-state index contributed by atoms with van der Waals surface area (Å²) in [6, 6.07) is 6.31. The Hall–Kier alpha value is -3.39. The van der Waals surface area contributed by atoms with E-state index >= 15 is 0 Å². The summed E-state index contributed by atoms with van der Waals surface area (Å²) in [4.78, 5) is 15.0. The number of H-pyrrole nitrogens is 1. The number of anilines is 2. The summed E-state index contributed by atoms with van der Waals surface area (Å²) in [6.45, 7) is 0. The van der Waals surface area contributed by atoms with Crippen LogP contribution < -0.4 is 10.9 Å². The molecule has 2 aromatic heterocycles. The molecule has 0 spiro atoms. The monoisotopic (exact) mass is 435 g/mol. The zero-order chi connectivity index (χ0) is 22.3. The van der Waals surface area contributed by atoms with Gasteiger partial charge in [-0.1, -0.05) is 6.07 Å². The van der Waals surface area contributed by atoms with Gasteiger partial charge >= 0.3 is 6.18 Å². The molecule has 0 aliphatic heterocycles. The van der Waals surface area contributed by atoms with Gasteiger partial charge in [0.1, 0.15) is 11.2 Å². The second-order valence-electron chi connectivity index (χ2n) is 7.43. The Bertz CT molecular complexity index is 1220. The number of rotatable bonds is 6. The molecule has 1 aliphatic carbocycles. The van der Waals surface area contributed by atoms with Gasteiger partial charge in [-0.05, 0) is 37.0 Å². The highest BCUT2D eigenvalue weighted by Crippen LogP contribution is 2.43. The maximum atomic E-state index is 14.2. The number of hydrogen-bond acceptors (Lipinski definition) is 5. The van der Waals surface area contributed by atoms with E-state index in [-0.39, 0.29) is 35.3 Å². The Morgan fingerprint density at radius 3 is 2.71 bits per heavy atom. The number of aliphatic hydroxyl groups excluding tert-OH is 1. The van der Waals surface area contributed by atoms with Crippen LogP contribution in [-0.4, -0.2) is 26.0 Å². The molecule has 11 heteroatoms. The van der Waals surface area contributed by atoms with Gasteiger partial charge in [0.2, 0.25) is 0 Å². The molecule has 1 saturated carbocycles. The van der Waals surface area contributed by atoms with Crippen molar-refractivity contribution in [3.8, 4) is 6.07 Å². The van der Waals surface area contributed by atoms with E-state index in [2.05, 4.69) is 21.5 Å². The summed E-state index contributed by atoms with van der Waals surface area (Å²) in [6.07, 6.45) is -4.42. The maximum Gasteiger partial charge on any atom is 0.418 e. The largest absolute Gasteiger partial charge is 0.418 e. The zero-order valence-electron chi connectivity index (χ0n) is 15.9. The third-order valence-electron chi connectivity index (χ3n) is 5.28.